The number of nitrogens with zero attached hydrogens (tertiary/aromatic N) is 1. The summed E-state index contributed by atoms with van der Waals surface area (Å²) in [6.07, 6.45) is 1.46. The van der Waals surface area contributed by atoms with Gasteiger partial charge in [-0.15, -0.1) is 0 Å². The van der Waals surface area contributed by atoms with Gasteiger partial charge in [0.15, 0.2) is 9.84 Å². The summed E-state index contributed by atoms with van der Waals surface area (Å²) in [5.74, 6) is -0.357. The Bertz CT molecular complexity index is 481. The first-order valence-corrected chi connectivity index (χ1v) is 9.92. The molecule has 1 N–H and O–H groups in total. The molecule has 0 aliphatic carbocycles. The summed E-state index contributed by atoms with van der Waals surface area (Å²) in [6, 6.07) is -0.180. The highest BCUT2D eigenvalue weighted by Gasteiger charge is 2.41. The van der Waals surface area contributed by atoms with E-state index in [0.717, 1.165) is 0 Å². The van der Waals surface area contributed by atoms with Crippen LogP contribution in [0, 0.1) is 0 Å². The van der Waals surface area contributed by atoms with Crippen LogP contribution in [-0.2, 0) is 19.9 Å². The second kappa shape index (κ2) is 6.51. The number of hydrogen-bond acceptors (Lipinski definition) is 5. The number of aliphatic hydroxyl groups is 1. The monoisotopic (exact) mass is 313 g/mol. The van der Waals surface area contributed by atoms with E-state index in [1.54, 1.807) is 0 Å². The summed E-state index contributed by atoms with van der Waals surface area (Å²) >= 11 is 0. The Balaban J connectivity index is 3.00. The third kappa shape index (κ3) is 3.90. The maximum atomic E-state index is 12.5. The van der Waals surface area contributed by atoms with E-state index in [-0.39, 0.29) is 37.1 Å². The number of sulfonamides is 1. The van der Waals surface area contributed by atoms with Crippen LogP contribution in [0.3, 0.4) is 0 Å². The first-order chi connectivity index (χ1) is 8.78. The molecule has 1 saturated heterocycles. The molecule has 0 saturated carbocycles. The molecule has 1 aliphatic heterocycles. The molecule has 0 aromatic carbocycles. The quantitative estimate of drug-likeness (QED) is 0.713. The van der Waals surface area contributed by atoms with E-state index >= 15 is 0 Å². The first-order valence-electron chi connectivity index (χ1n) is 6.60. The molecule has 0 aromatic heterocycles. The predicted molar refractivity (Wildman–Crippen MR) is 74.1 cm³/mol. The fourth-order valence-electron chi connectivity index (χ4n) is 2.50. The van der Waals surface area contributed by atoms with Gasteiger partial charge in [0.1, 0.15) is 0 Å². The van der Waals surface area contributed by atoms with Crippen molar-refractivity contribution in [2.45, 2.75) is 44.4 Å². The summed E-state index contributed by atoms with van der Waals surface area (Å²) in [5.41, 5.74) is 0. The molecule has 0 radical (unpaired) electrons. The van der Waals surface area contributed by atoms with Crippen LogP contribution in [0.4, 0.5) is 0 Å². The molecule has 8 heteroatoms. The second-order valence-corrected chi connectivity index (χ2v) is 9.27. The van der Waals surface area contributed by atoms with Gasteiger partial charge in [-0.25, -0.2) is 16.8 Å². The van der Waals surface area contributed by atoms with E-state index in [2.05, 4.69) is 0 Å². The molecule has 1 rings (SSSR count). The van der Waals surface area contributed by atoms with Gasteiger partial charge in [-0.05, 0) is 19.3 Å². The highest BCUT2D eigenvalue weighted by Crippen LogP contribution is 2.25. The lowest BCUT2D eigenvalue weighted by Gasteiger charge is -2.31. The predicted octanol–water partition coefficient (Wildman–Crippen LogP) is -0.0138. The molecule has 0 amide bonds. The summed E-state index contributed by atoms with van der Waals surface area (Å²) in [7, 11) is -6.90. The number of hydrogen-bond donors (Lipinski definition) is 1. The standard InChI is InChI=1S/C11H23NO5S2/c1-3-10(4-2)12(6-7-13)19(16,17)11-5-8-18(14,15)9-11/h10-11,13H,3-9H2,1-2H3. The molecule has 1 unspecified atom stereocenters. The van der Waals surface area contributed by atoms with Crippen LogP contribution >= 0.6 is 0 Å². The van der Waals surface area contributed by atoms with Crippen LogP contribution in [0.25, 0.3) is 0 Å². The van der Waals surface area contributed by atoms with Crippen LogP contribution in [-0.4, -0.2) is 62.2 Å². The van der Waals surface area contributed by atoms with Crippen molar-refractivity contribution in [2.75, 3.05) is 24.7 Å². The largest absolute Gasteiger partial charge is 0.395 e. The Kier molecular flexibility index (Phi) is 5.78. The molecule has 0 spiro atoms. The third-order valence-electron chi connectivity index (χ3n) is 3.61. The molecule has 6 nitrogen and oxygen atoms in total. The zero-order valence-corrected chi connectivity index (χ0v) is 13.1. The van der Waals surface area contributed by atoms with Crippen molar-refractivity contribution in [2.24, 2.45) is 0 Å². The summed E-state index contributed by atoms with van der Waals surface area (Å²) < 4.78 is 49.2. The van der Waals surface area contributed by atoms with Gasteiger partial charge >= 0.3 is 0 Å². The highest BCUT2D eigenvalue weighted by molar-refractivity contribution is 7.95. The average Bonchev–Trinajstić information content (AvgIpc) is 2.70. The van der Waals surface area contributed by atoms with Gasteiger partial charge in [0.25, 0.3) is 0 Å². The minimum Gasteiger partial charge on any atom is -0.395 e. The molecular weight excluding hydrogens is 290 g/mol. The van der Waals surface area contributed by atoms with E-state index in [0.29, 0.717) is 12.8 Å². The molecule has 19 heavy (non-hydrogen) atoms. The van der Waals surface area contributed by atoms with Crippen LogP contribution in [0.1, 0.15) is 33.1 Å². The van der Waals surface area contributed by atoms with Crippen molar-refractivity contribution in [1.29, 1.82) is 0 Å². The van der Waals surface area contributed by atoms with Gasteiger partial charge in [0.2, 0.25) is 10.0 Å². The number of sulfone groups is 1. The number of aliphatic hydroxyl groups excluding tert-OH is 1. The molecular formula is C11H23NO5S2. The third-order valence-corrected chi connectivity index (χ3v) is 7.97. The smallest absolute Gasteiger partial charge is 0.218 e. The Morgan fingerprint density at radius 1 is 1.32 bits per heavy atom. The van der Waals surface area contributed by atoms with E-state index < -0.39 is 25.1 Å². The van der Waals surface area contributed by atoms with Gasteiger partial charge in [-0.3, -0.25) is 0 Å². The van der Waals surface area contributed by atoms with Crippen LogP contribution in [0.2, 0.25) is 0 Å². The van der Waals surface area contributed by atoms with E-state index in [9.17, 15) is 16.8 Å². The lowest BCUT2D eigenvalue weighted by molar-refractivity contribution is 0.218. The highest BCUT2D eigenvalue weighted by atomic mass is 32.2. The molecule has 0 bridgehead atoms. The Labute approximate surface area is 115 Å². The Morgan fingerprint density at radius 2 is 1.89 bits per heavy atom. The fourth-order valence-corrected chi connectivity index (χ4v) is 7.35. The minimum atomic E-state index is -3.66. The fraction of sp³-hybridized carbons (Fsp3) is 1.00. The van der Waals surface area contributed by atoms with Crippen molar-refractivity contribution < 1.29 is 21.9 Å². The van der Waals surface area contributed by atoms with Gasteiger partial charge in [-0.2, -0.15) is 4.31 Å². The zero-order chi connectivity index (χ0) is 14.7. The molecule has 0 aromatic rings. The Hall–Kier alpha value is -0.180. The van der Waals surface area contributed by atoms with Gasteiger partial charge in [-0.1, -0.05) is 13.8 Å². The normalized spacial score (nSPS) is 23.3. The lowest BCUT2D eigenvalue weighted by Crippen LogP contribution is -2.46. The maximum Gasteiger partial charge on any atom is 0.218 e. The van der Waals surface area contributed by atoms with Crippen molar-refractivity contribution in [1.82, 2.24) is 4.31 Å². The van der Waals surface area contributed by atoms with Crippen LogP contribution in [0.15, 0.2) is 0 Å². The average molecular weight is 313 g/mol. The zero-order valence-electron chi connectivity index (χ0n) is 11.4. The van der Waals surface area contributed by atoms with E-state index in [1.165, 1.54) is 4.31 Å². The first kappa shape index (κ1) is 16.9. The Morgan fingerprint density at radius 3 is 2.26 bits per heavy atom. The second-order valence-electron chi connectivity index (χ2n) is 4.87. The van der Waals surface area contributed by atoms with Gasteiger partial charge < -0.3 is 5.11 Å². The molecule has 1 fully saturated rings. The van der Waals surface area contributed by atoms with Crippen molar-refractivity contribution >= 4 is 19.9 Å². The van der Waals surface area contributed by atoms with Crippen LogP contribution in [0.5, 0.6) is 0 Å². The molecule has 1 aliphatic rings. The van der Waals surface area contributed by atoms with Crippen molar-refractivity contribution in [3.8, 4) is 0 Å². The van der Waals surface area contributed by atoms with Crippen molar-refractivity contribution in [3.05, 3.63) is 0 Å². The van der Waals surface area contributed by atoms with Gasteiger partial charge in [0, 0.05) is 12.6 Å². The summed E-state index contributed by atoms with van der Waals surface area (Å²) in [4.78, 5) is 0. The van der Waals surface area contributed by atoms with E-state index in [1.807, 2.05) is 13.8 Å². The SMILES string of the molecule is CCC(CC)N(CCO)S(=O)(=O)C1CCS(=O)(=O)C1. The molecule has 1 atom stereocenters. The lowest BCUT2D eigenvalue weighted by atomic mass is 10.2. The summed E-state index contributed by atoms with van der Waals surface area (Å²) in [6.45, 7) is 3.55. The molecule has 1 heterocycles. The maximum absolute atomic E-state index is 12.5. The molecule has 114 valence electrons. The minimum absolute atomic E-state index is 0.0330. The van der Waals surface area contributed by atoms with Crippen LogP contribution < -0.4 is 0 Å². The van der Waals surface area contributed by atoms with Crippen molar-refractivity contribution in [3.63, 3.8) is 0 Å². The van der Waals surface area contributed by atoms with E-state index in [4.69, 9.17) is 5.11 Å². The number of rotatable bonds is 7. The topological polar surface area (TPSA) is 91.8 Å². The summed E-state index contributed by atoms with van der Waals surface area (Å²) in [5, 5.41) is 8.20. The van der Waals surface area contributed by atoms with Gasteiger partial charge in [0.05, 0.1) is 23.4 Å².